The fourth-order valence-electron chi connectivity index (χ4n) is 10.00. The highest BCUT2D eigenvalue weighted by Gasteiger charge is 2.59. The molecular weight excluding hydrogens is 806 g/mol. The van der Waals surface area contributed by atoms with Gasteiger partial charge in [-0.3, -0.25) is 28.1 Å². The number of morpholine rings is 1. The van der Waals surface area contributed by atoms with Gasteiger partial charge in [0, 0.05) is 73.0 Å². The monoisotopic (exact) mass is 851 g/mol. The van der Waals surface area contributed by atoms with Crippen molar-refractivity contribution in [2.45, 2.75) is 65.1 Å². The number of aromatic nitrogens is 9. The van der Waals surface area contributed by atoms with E-state index in [9.17, 15) is 9.59 Å². The third-order valence-electron chi connectivity index (χ3n) is 13.3. The Bertz CT molecular complexity index is 3280. The van der Waals surface area contributed by atoms with Crippen LogP contribution in [0.5, 0.6) is 0 Å². The van der Waals surface area contributed by atoms with Crippen LogP contribution in [0.3, 0.4) is 0 Å². The Labute approximate surface area is 359 Å². The minimum atomic E-state index is -0.828. The summed E-state index contributed by atoms with van der Waals surface area (Å²) in [5.41, 5.74) is 5.31. The summed E-state index contributed by atoms with van der Waals surface area (Å²) >= 11 is 0. The number of hydrogen-bond donors (Lipinski definition) is 1. The number of H-pyrrole nitrogens is 1. The first-order valence-electron chi connectivity index (χ1n) is 21.2. The molecule has 2 aliphatic heterocycles. The Hall–Kier alpha value is -7.01. The van der Waals surface area contributed by atoms with Crippen molar-refractivity contribution in [3.8, 4) is 17.2 Å². The number of nitrogens with one attached hydrogen (secondary N) is 1. The fourth-order valence-corrected chi connectivity index (χ4v) is 10.00. The number of benzene rings is 3. The molecular formula is C46H46FN11O5. The van der Waals surface area contributed by atoms with Crippen LogP contribution in [0.4, 0.5) is 10.1 Å². The highest BCUT2D eigenvalue weighted by molar-refractivity contribution is 6.00. The topological polar surface area (TPSA) is 159 Å². The molecule has 11 rings (SSSR count). The standard InChI is InChI=1S/C46H46FN11O5/c1-26-17-33(18-27(2)39(26)47)58-40(56-14-13-55(44(56)61)32-8-9-36-30(20-32)23-48-52(36)6)34-24-53(12-11-35(34)50-58)41(59)38-21-29-19-31(54-15-16-62-45(4,5)25-54)7-10-37(29)57(38)46(22-28(46)3)42-49-43(60)63-51-42/h7-10,13-14,17-21,23,28H,11-12,15-16,22,24-25H2,1-6H3,(H,49,51,60)/t28-,46-/m0/s1. The lowest BCUT2D eigenvalue weighted by molar-refractivity contribution is -0.0276. The summed E-state index contributed by atoms with van der Waals surface area (Å²) in [6, 6.07) is 17.3. The summed E-state index contributed by atoms with van der Waals surface area (Å²) in [5.74, 6) is -0.340. The number of rotatable bonds is 7. The number of carbonyl (C=O) groups is 1. The molecule has 1 amide bonds. The fraction of sp³-hybridized carbons (Fsp3) is 0.348. The summed E-state index contributed by atoms with van der Waals surface area (Å²) in [6.07, 6.45) is 6.21. The number of amides is 1. The molecule has 8 aromatic rings. The van der Waals surface area contributed by atoms with Gasteiger partial charge in [0.1, 0.15) is 22.9 Å². The molecule has 5 aromatic heterocycles. The highest BCUT2D eigenvalue weighted by atomic mass is 19.1. The van der Waals surface area contributed by atoms with E-state index in [-0.39, 0.29) is 35.5 Å². The Morgan fingerprint density at radius 2 is 1.65 bits per heavy atom. The van der Waals surface area contributed by atoms with Crippen molar-refractivity contribution in [3.05, 3.63) is 134 Å². The Kier molecular flexibility index (Phi) is 8.48. The summed E-state index contributed by atoms with van der Waals surface area (Å²) in [4.78, 5) is 49.2. The third kappa shape index (κ3) is 6.03. The first-order chi connectivity index (χ1) is 30.2. The van der Waals surface area contributed by atoms with E-state index in [0.717, 1.165) is 39.7 Å². The second-order valence-corrected chi connectivity index (χ2v) is 18.0. The maximum atomic E-state index is 15.3. The van der Waals surface area contributed by atoms with Crippen molar-refractivity contribution in [3.63, 3.8) is 0 Å². The number of halogens is 1. The van der Waals surface area contributed by atoms with E-state index in [1.54, 1.807) is 68.0 Å². The quantitative estimate of drug-likeness (QED) is 0.213. The number of aromatic amines is 1. The van der Waals surface area contributed by atoms with Crippen LogP contribution in [-0.4, -0.2) is 86.1 Å². The molecule has 1 saturated carbocycles. The summed E-state index contributed by atoms with van der Waals surface area (Å²) < 4.78 is 34.7. The lowest BCUT2D eigenvalue weighted by Crippen LogP contribution is -2.48. The zero-order valence-corrected chi connectivity index (χ0v) is 35.8. The minimum absolute atomic E-state index is 0.0234. The van der Waals surface area contributed by atoms with E-state index in [1.807, 2.05) is 41.9 Å². The Morgan fingerprint density at radius 3 is 2.38 bits per heavy atom. The van der Waals surface area contributed by atoms with Gasteiger partial charge in [-0.05, 0) is 106 Å². The van der Waals surface area contributed by atoms with Crippen LogP contribution >= 0.6 is 0 Å². The SMILES string of the molecule is Cc1cc(-n2nc3c(c2-n2ccn(-c4ccc5c(cnn5C)c4)c2=O)CN(C(=O)c2cc4cc(N5CCOC(C)(C)C5)ccc4n2[C@@]2(c4noc(=O)[nH]4)C[C@@H]2C)CC3)cc(C)c1F. The van der Waals surface area contributed by atoms with E-state index in [1.165, 1.54) is 0 Å². The average molecular weight is 852 g/mol. The number of aryl methyl sites for hydroxylation is 3. The number of carbonyl (C=O) groups excluding carboxylic acids is 1. The summed E-state index contributed by atoms with van der Waals surface area (Å²) in [6.45, 7) is 12.2. The van der Waals surface area contributed by atoms with Crippen LogP contribution in [0.15, 0.2) is 87.3 Å². The predicted molar refractivity (Wildman–Crippen MR) is 233 cm³/mol. The molecule has 3 aliphatic rings. The molecule has 17 heteroatoms. The van der Waals surface area contributed by atoms with Crippen molar-refractivity contribution in [2.75, 3.05) is 31.1 Å². The molecule has 16 nitrogen and oxygen atoms in total. The second-order valence-electron chi connectivity index (χ2n) is 18.0. The van der Waals surface area contributed by atoms with Crippen LogP contribution < -0.4 is 16.3 Å². The van der Waals surface area contributed by atoms with E-state index >= 15 is 9.18 Å². The molecule has 2 fully saturated rings. The number of hydrogen-bond acceptors (Lipinski definition) is 9. The molecule has 0 bridgehead atoms. The van der Waals surface area contributed by atoms with Gasteiger partial charge in [-0.25, -0.2) is 18.7 Å². The van der Waals surface area contributed by atoms with Crippen LogP contribution in [0.2, 0.25) is 0 Å². The van der Waals surface area contributed by atoms with Gasteiger partial charge >= 0.3 is 11.4 Å². The molecule has 2 atom stereocenters. The number of imidazole rings is 1. The molecule has 1 saturated heterocycles. The van der Waals surface area contributed by atoms with Crippen molar-refractivity contribution < 1.29 is 18.4 Å². The van der Waals surface area contributed by atoms with Crippen LogP contribution in [-0.2, 0) is 30.3 Å². The van der Waals surface area contributed by atoms with Gasteiger partial charge in [0.15, 0.2) is 5.82 Å². The van der Waals surface area contributed by atoms with Gasteiger partial charge in [0.05, 0.1) is 47.5 Å². The number of nitrogens with zero attached hydrogens (tertiary/aromatic N) is 10. The molecule has 0 radical (unpaired) electrons. The number of fused-ring (bicyclic) bond motifs is 3. The van der Waals surface area contributed by atoms with E-state index in [4.69, 9.17) is 14.4 Å². The molecule has 1 N–H and O–H groups in total. The van der Waals surface area contributed by atoms with Crippen molar-refractivity contribution in [2.24, 2.45) is 13.0 Å². The van der Waals surface area contributed by atoms with E-state index in [2.05, 4.69) is 53.0 Å². The predicted octanol–water partition coefficient (Wildman–Crippen LogP) is 5.68. The highest BCUT2D eigenvalue weighted by Crippen LogP contribution is 2.56. The maximum absolute atomic E-state index is 15.3. The van der Waals surface area contributed by atoms with Gasteiger partial charge in [-0.2, -0.15) is 10.2 Å². The molecule has 7 heterocycles. The minimum Gasteiger partial charge on any atom is -0.372 e. The third-order valence-corrected chi connectivity index (χ3v) is 13.3. The van der Waals surface area contributed by atoms with Crippen molar-refractivity contribution >= 4 is 33.4 Å². The first kappa shape index (κ1) is 38.9. The lowest BCUT2D eigenvalue weighted by Gasteiger charge is -2.39. The van der Waals surface area contributed by atoms with Crippen LogP contribution in [0.25, 0.3) is 39.0 Å². The van der Waals surface area contributed by atoms with Crippen molar-refractivity contribution in [1.82, 2.24) is 48.3 Å². The Balaban J connectivity index is 1.03. The maximum Gasteiger partial charge on any atom is 0.438 e. The molecule has 3 aromatic carbocycles. The Morgan fingerprint density at radius 1 is 0.921 bits per heavy atom. The number of anilines is 1. The first-order valence-corrected chi connectivity index (χ1v) is 21.2. The van der Waals surface area contributed by atoms with E-state index < -0.39 is 11.3 Å². The summed E-state index contributed by atoms with van der Waals surface area (Å²) in [5, 5.41) is 15.4. The van der Waals surface area contributed by atoms with Gasteiger partial charge in [0.25, 0.3) is 5.91 Å². The van der Waals surface area contributed by atoms with Crippen molar-refractivity contribution in [1.29, 1.82) is 0 Å². The van der Waals surface area contributed by atoms with Crippen LogP contribution in [0, 0.1) is 25.6 Å². The van der Waals surface area contributed by atoms with Gasteiger partial charge in [-0.1, -0.05) is 12.1 Å². The van der Waals surface area contributed by atoms with Gasteiger partial charge in [-0.15, -0.1) is 0 Å². The molecule has 63 heavy (non-hydrogen) atoms. The lowest BCUT2D eigenvalue weighted by atomic mass is 10.1. The normalized spacial score (nSPS) is 19.6. The molecule has 0 unspecified atom stereocenters. The second kappa shape index (κ2) is 13.7. The van der Waals surface area contributed by atoms with Crippen LogP contribution in [0.1, 0.15) is 65.9 Å². The van der Waals surface area contributed by atoms with E-state index in [0.29, 0.717) is 77.9 Å². The number of ether oxygens (including phenoxy) is 1. The summed E-state index contributed by atoms with van der Waals surface area (Å²) in [7, 11) is 1.87. The largest absolute Gasteiger partial charge is 0.438 e. The molecule has 322 valence electrons. The molecule has 1 aliphatic carbocycles. The van der Waals surface area contributed by atoms with Gasteiger partial charge in [0.2, 0.25) is 0 Å². The average Bonchev–Trinajstić information content (AvgIpc) is 3.88. The van der Waals surface area contributed by atoms with Gasteiger partial charge < -0.3 is 19.1 Å². The molecule has 0 spiro atoms. The zero-order chi connectivity index (χ0) is 43.7. The smallest absolute Gasteiger partial charge is 0.372 e. The zero-order valence-electron chi connectivity index (χ0n) is 35.8.